The molecule has 0 radical (unpaired) electrons. The third-order valence-corrected chi connectivity index (χ3v) is 7.43. The first-order valence-electron chi connectivity index (χ1n) is 9.46. The first-order chi connectivity index (χ1) is 14.4. The van der Waals surface area contributed by atoms with Crippen LogP contribution in [0, 0.1) is 0 Å². The van der Waals surface area contributed by atoms with Gasteiger partial charge in [0.05, 0.1) is 10.9 Å². The second-order valence-corrected chi connectivity index (χ2v) is 9.84. The van der Waals surface area contributed by atoms with E-state index in [-0.39, 0.29) is 17.5 Å². The van der Waals surface area contributed by atoms with Crippen LogP contribution in [0.4, 0.5) is 4.79 Å². The summed E-state index contributed by atoms with van der Waals surface area (Å²) in [6.07, 6.45) is 3.32. The van der Waals surface area contributed by atoms with E-state index in [4.69, 9.17) is 0 Å². The number of pyridine rings is 1. The summed E-state index contributed by atoms with van der Waals surface area (Å²) in [6.45, 7) is 0.0170. The lowest BCUT2D eigenvalue weighted by atomic mass is 10.1. The Bertz CT molecular complexity index is 1180. The van der Waals surface area contributed by atoms with Gasteiger partial charge >= 0.3 is 6.09 Å². The highest BCUT2D eigenvalue weighted by Crippen LogP contribution is 2.36. The third kappa shape index (κ3) is 4.05. The lowest BCUT2D eigenvalue weighted by Gasteiger charge is -2.28. The van der Waals surface area contributed by atoms with Gasteiger partial charge in [-0.1, -0.05) is 40.2 Å². The summed E-state index contributed by atoms with van der Waals surface area (Å²) < 4.78 is 29.5. The van der Waals surface area contributed by atoms with Crippen LogP contribution >= 0.6 is 15.9 Å². The smallest absolute Gasteiger partial charge is 0.408 e. The van der Waals surface area contributed by atoms with Crippen molar-refractivity contribution in [3.63, 3.8) is 0 Å². The average Bonchev–Trinajstić information content (AvgIpc) is 3.17. The van der Waals surface area contributed by atoms with Gasteiger partial charge in [0.1, 0.15) is 0 Å². The van der Waals surface area contributed by atoms with Crippen molar-refractivity contribution in [1.29, 1.82) is 0 Å². The van der Waals surface area contributed by atoms with Gasteiger partial charge in [-0.3, -0.25) is 9.88 Å². The zero-order valence-corrected chi connectivity index (χ0v) is 18.3. The molecule has 1 saturated heterocycles. The Morgan fingerprint density at radius 2 is 1.93 bits per heavy atom. The Hall–Kier alpha value is -2.49. The van der Waals surface area contributed by atoms with E-state index in [0.29, 0.717) is 18.2 Å². The van der Waals surface area contributed by atoms with E-state index >= 15 is 0 Å². The molecule has 1 aliphatic rings. The molecular weight excluding hydrogens is 470 g/mol. The normalized spacial score (nSPS) is 19.3. The highest BCUT2D eigenvalue weighted by Gasteiger charge is 2.38. The molecule has 2 atom stereocenters. The predicted octanol–water partition coefficient (Wildman–Crippen LogP) is 4.16. The summed E-state index contributed by atoms with van der Waals surface area (Å²) in [4.78, 5) is 17.5. The minimum atomic E-state index is -3.81. The first-order valence-corrected chi connectivity index (χ1v) is 11.7. The molecule has 0 saturated carbocycles. The molecule has 1 aromatic heterocycles. The van der Waals surface area contributed by atoms with Crippen molar-refractivity contribution in [3.05, 3.63) is 71.0 Å². The maximum atomic E-state index is 13.0. The zero-order chi connectivity index (χ0) is 21.3. The number of carbonyl (C=O) groups is 1. The monoisotopic (exact) mass is 489 g/mol. The molecule has 1 unspecified atom stereocenters. The molecule has 1 amide bonds. The fourth-order valence-electron chi connectivity index (χ4n) is 4.00. The predicted molar refractivity (Wildman–Crippen MR) is 117 cm³/mol. The number of nitrogens with one attached hydrogen (secondary N) is 1. The fraction of sp³-hybridized carbons (Fsp3) is 0.238. The van der Waals surface area contributed by atoms with Crippen LogP contribution in [0.2, 0.25) is 0 Å². The van der Waals surface area contributed by atoms with Crippen LogP contribution in [0.25, 0.3) is 10.8 Å². The van der Waals surface area contributed by atoms with Crippen molar-refractivity contribution in [1.82, 2.24) is 14.6 Å². The SMILES string of the molecule is O=C(O)N1C(c2ccc(Br)cc2)CC[C@H]1CNS(=O)(=O)c1cccc2cnccc12. The van der Waals surface area contributed by atoms with Gasteiger partial charge in [-0.25, -0.2) is 17.9 Å². The summed E-state index contributed by atoms with van der Waals surface area (Å²) in [5.41, 5.74) is 0.896. The van der Waals surface area contributed by atoms with E-state index in [2.05, 4.69) is 25.6 Å². The molecular formula is C21H20BrN3O4S. The molecule has 0 aliphatic carbocycles. The number of fused-ring (bicyclic) bond motifs is 1. The topological polar surface area (TPSA) is 99.6 Å². The third-order valence-electron chi connectivity index (χ3n) is 5.42. The van der Waals surface area contributed by atoms with Gasteiger partial charge in [0.2, 0.25) is 10.0 Å². The molecule has 3 aromatic rings. The number of benzene rings is 2. The van der Waals surface area contributed by atoms with Gasteiger partial charge < -0.3 is 5.11 Å². The molecule has 2 aromatic carbocycles. The molecule has 7 nitrogen and oxygen atoms in total. The van der Waals surface area contributed by atoms with Crippen LogP contribution in [-0.2, 0) is 10.0 Å². The van der Waals surface area contributed by atoms with E-state index in [1.807, 2.05) is 24.3 Å². The van der Waals surface area contributed by atoms with E-state index in [1.54, 1.807) is 36.7 Å². The number of sulfonamides is 1. The highest BCUT2D eigenvalue weighted by atomic mass is 79.9. The first kappa shape index (κ1) is 20.8. The van der Waals surface area contributed by atoms with Crippen LogP contribution in [0.3, 0.4) is 0 Å². The number of aromatic nitrogens is 1. The van der Waals surface area contributed by atoms with E-state index in [9.17, 15) is 18.3 Å². The lowest BCUT2D eigenvalue weighted by Crippen LogP contribution is -2.43. The minimum absolute atomic E-state index is 0.0170. The van der Waals surface area contributed by atoms with Crippen LogP contribution < -0.4 is 4.72 Å². The molecule has 156 valence electrons. The number of hydrogen-bond donors (Lipinski definition) is 2. The molecule has 1 aliphatic heterocycles. The van der Waals surface area contributed by atoms with Crippen LogP contribution in [-0.4, -0.2) is 42.1 Å². The van der Waals surface area contributed by atoms with Crippen molar-refractivity contribution < 1.29 is 18.3 Å². The quantitative estimate of drug-likeness (QED) is 0.560. The number of rotatable bonds is 5. The van der Waals surface area contributed by atoms with Gasteiger partial charge in [0, 0.05) is 40.2 Å². The van der Waals surface area contributed by atoms with Gasteiger partial charge in [-0.05, 0) is 42.7 Å². The number of likely N-dealkylation sites (tertiary alicyclic amines) is 1. The molecule has 0 spiro atoms. The molecule has 2 heterocycles. The number of nitrogens with zero attached hydrogens (tertiary/aromatic N) is 2. The fourth-order valence-corrected chi connectivity index (χ4v) is 5.56. The number of hydrogen-bond acceptors (Lipinski definition) is 4. The van der Waals surface area contributed by atoms with Gasteiger partial charge in [0.25, 0.3) is 0 Å². The van der Waals surface area contributed by atoms with Gasteiger partial charge in [-0.15, -0.1) is 0 Å². The van der Waals surface area contributed by atoms with E-state index in [1.165, 1.54) is 4.90 Å². The van der Waals surface area contributed by atoms with Crippen LogP contribution in [0.15, 0.2) is 70.3 Å². The van der Waals surface area contributed by atoms with Gasteiger partial charge in [-0.2, -0.15) is 0 Å². The lowest BCUT2D eigenvalue weighted by molar-refractivity contribution is 0.122. The Morgan fingerprint density at radius 3 is 2.67 bits per heavy atom. The average molecular weight is 490 g/mol. The van der Waals surface area contributed by atoms with Crippen LogP contribution in [0.1, 0.15) is 24.4 Å². The summed E-state index contributed by atoms with van der Waals surface area (Å²) in [6, 6.07) is 13.5. The molecule has 2 N–H and O–H groups in total. The Morgan fingerprint density at radius 1 is 1.17 bits per heavy atom. The van der Waals surface area contributed by atoms with Crippen LogP contribution in [0.5, 0.6) is 0 Å². The van der Waals surface area contributed by atoms with Crippen molar-refractivity contribution >= 4 is 42.8 Å². The second kappa shape index (κ2) is 8.33. The summed E-state index contributed by atoms with van der Waals surface area (Å²) in [5, 5.41) is 11.1. The van der Waals surface area contributed by atoms with Crippen molar-refractivity contribution in [2.45, 2.75) is 29.8 Å². The summed E-state index contributed by atoms with van der Waals surface area (Å²) >= 11 is 3.39. The van der Waals surface area contributed by atoms with Crippen molar-refractivity contribution in [2.24, 2.45) is 0 Å². The molecule has 9 heteroatoms. The maximum absolute atomic E-state index is 13.0. The van der Waals surface area contributed by atoms with Crippen molar-refractivity contribution in [3.8, 4) is 0 Å². The Labute approximate surface area is 182 Å². The number of halogens is 1. The second-order valence-electron chi connectivity index (χ2n) is 7.19. The zero-order valence-electron chi connectivity index (χ0n) is 15.9. The van der Waals surface area contributed by atoms with Crippen molar-refractivity contribution in [2.75, 3.05) is 6.54 Å². The largest absolute Gasteiger partial charge is 0.465 e. The summed E-state index contributed by atoms with van der Waals surface area (Å²) in [7, 11) is -3.81. The Kier molecular flexibility index (Phi) is 5.77. The number of carboxylic acid groups (broad SMARTS) is 1. The molecule has 30 heavy (non-hydrogen) atoms. The molecule has 4 rings (SSSR count). The minimum Gasteiger partial charge on any atom is -0.465 e. The molecule has 0 bridgehead atoms. The molecule has 1 fully saturated rings. The summed E-state index contributed by atoms with van der Waals surface area (Å²) in [5.74, 6) is 0. The maximum Gasteiger partial charge on any atom is 0.408 e. The Balaban J connectivity index is 1.55. The highest BCUT2D eigenvalue weighted by molar-refractivity contribution is 9.10. The standard InChI is InChI=1S/C21H20BrN3O4S/c22-16-6-4-14(5-7-16)19-9-8-17(25(19)21(26)27)13-24-30(28,29)20-3-1-2-15-12-23-11-10-18(15)20/h1-7,10-12,17,19,24H,8-9,13H2,(H,26,27)/t17-,19?/m0/s1. The van der Waals surface area contributed by atoms with E-state index < -0.39 is 22.2 Å². The van der Waals surface area contributed by atoms with Gasteiger partial charge in [0.15, 0.2) is 0 Å². The number of amides is 1. The van der Waals surface area contributed by atoms with E-state index in [0.717, 1.165) is 15.4 Å².